The Morgan fingerprint density at radius 1 is 1.44 bits per heavy atom. The fourth-order valence-electron chi connectivity index (χ4n) is 1.97. The predicted octanol–water partition coefficient (Wildman–Crippen LogP) is 0.752. The molecule has 18 heavy (non-hydrogen) atoms. The molecule has 0 saturated carbocycles. The summed E-state index contributed by atoms with van der Waals surface area (Å²) < 4.78 is 10.9. The molecule has 1 aromatic heterocycles. The number of nitrogen functional groups attached to an aromatic ring is 1. The third kappa shape index (κ3) is 2.99. The lowest BCUT2D eigenvalue weighted by Gasteiger charge is -2.23. The normalized spacial score (nSPS) is 19.3. The largest absolute Gasteiger partial charge is 0.490 e. The summed E-state index contributed by atoms with van der Waals surface area (Å²) in [5.41, 5.74) is 2.48. The zero-order valence-electron chi connectivity index (χ0n) is 10.5. The summed E-state index contributed by atoms with van der Waals surface area (Å²) in [5.74, 6) is 6.95. The van der Waals surface area contributed by atoms with Gasteiger partial charge in [0.1, 0.15) is 6.33 Å². The molecule has 0 bridgehead atoms. The monoisotopic (exact) mass is 253 g/mol. The van der Waals surface area contributed by atoms with Crippen molar-refractivity contribution in [3.63, 3.8) is 0 Å². The molecule has 0 aromatic carbocycles. The zero-order valence-corrected chi connectivity index (χ0v) is 10.5. The minimum atomic E-state index is 0.229. The van der Waals surface area contributed by atoms with Crippen molar-refractivity contribution in [1.82, 2.24) is 9.97 Å². The Morgan fingerprint density at radius 3 is 2.94 bits per heavy atom. The Balaban J connectivity index is 1.99. The van der Waals surface area contributed by atoms with Crippen LogP contribution in [-0.2, 0) is 4.74 Å². The Bertz CT molecular complexity index is 382. The first-order valence-corrected chi connectivity index (χ1v) is 6.06. The van der Waals surface area contributed by atoms with Gasteiger partial charge >= 0.3 is 0 Å². The second-order valence-corrected chi connectivity index (χ2v) is 4.12. The molecule has 1 unspecified atom stereocenters. The van der Waals surface area contributed by atoms with E-state index in [0.717, 1.165) is 19.4 Å². The fourth-order valence-corrected chi connectivity index (χ4v) is 1.97. The number of methoxy groups -OCH3 is 1. The average molecular weight is 253 g/mol. The van der Waals surface area contributed by atoms with Crippen molar-refractivity contribution in [3.8, 4) is 5.75 Å². The maximum absolute atomic E-state index is 5.64. The molecule has 1 aromatic rings. The quantitative estimate of drug-likeness (QED) is 0.526. The first-order valence-electron chi connectivity index (χ1n) is 6.06. The molecule has 0 amide bonds. The molecule has 1 fully saturated rings. The van der Waals surface area contributed by atoms with Crippen LogP contribution in [0.5, 0.6) is 5.75 Å². The van der Waals surface area contributed by atoms with Crippen LogP contribution in [0.15, 0.2) is 6.33 Å². The van der Waals surface area contributed by atoms with Crippen LogP contribution < -0.4 is 21.3 Å². The maximum atomic E-state index is 5.64. The van der Waals surface area contributed by atoms with E-state index in [-0.39, 0.29) is 6.10 Å². The van der Waals surface area contributed by atoms with Crippen molar-refractivity contribution >= 4 is 11.6 Å². The lowest BCUT2D eigenvalue weighted by Crippen LogP contribution is -2.27. The van der Waals surface area contributed by atoms with Crippen LogP contribution in [0.2, 0.25) is 0 Å². The number of rotatable bonds is 5. The van der Waals surface area contributed by atoms with Crippen LogP contribution in [0.4, 0.5) is 11.6 Å². The van der Waals surface area contributed by atoms with Gasteiger partial charge in [-0.2, -0.15) is 0 Å². The topological polar surface area (TPSA) is 94.3 Å². The molecule has 0 spiro atoms. The fraction of sp³-hybridized carbons (Fsp3) is 0.636. The Kier molecular flexibility index (Phi) is 4.54. The number of hydrogen-bond acceptors (Lipinski definition) is 7. The molecule has 7 nitrogen and oxygen atoms in total. The molecule has 1 saturated heterocycles. The standard InChI is InChI=1S/C11H19N5O2/c1-17-9-10(14-7-15-11(9)16-12)13-6-8-4-2-3-5-18-8/h7-8H,2-6,12H2,1H3,(H2,13,14,15,16). The van der Waals surface area contributed by atoms with E-state index in [1.165, 1.54) is 12.7 Å². The van der Waals surface area contributed by atoms with Crippen LogP contribution in [0.1, 0.15) is 19.3 Å². The minimum Gasteiger partial charge on any atom is -0.490 e. The second-order valence-electron chi connectivity index (χ2n) is 4.12. The zero-order chi connectivity index (χ0) is 12.8. The van der Waals surface area contributed by atoms with Crippen LogP contribution in [0.25, 0.3) is 0 Å². The first kappa shape index (κ1) is 12.8. The molecule has 0 radical (unpaired) electrons. The highest BCUT2D eigenvalue weighted by atomic mass is 16.5. The molecule has 0 aliphatic carbocycles. The molecule has 1 atom stereocenters. The third-order valence-electron chi connectivity index (χ3n) is 2.92. The number of ether oxygens (including phenoxy) is 2. The molecule has 1 aliphatic rings. The molecule has 2 rings (SSSR count). The molecule has 1 aliphatic heterocycles. The highest BCUT2D eigenvalue weighted by molar-refractivity contribution is 5.62. The van der Waals surface area contributed by atoms with Crippen LogP contribution >= 0.6 is 0 Å². The Morgan fingerprint density at radius 2 is 2.28 bits per heavy atom. The third-order valence-corrected chi connectivity index (χ3v) is 2.92. The smallest absolute Gasteiger partial charge is 0.205 e. The van der Waals surface area contributed by atoms with Gasteiger partial charge in [-0.05, 0) is 19.3 Å². The number of hydrazine groups is 1. The number of aromatic nitrogens is 2. The predicted molar refractivity (Wildman–Crippen MR) is 68.5 cm³/mol. The van der Waals surface area contributed by atoms with Gasteiger partial charge in [0.2, 0.25) is 5.75 Å². The van der Waals surface area contributed by atoms with Crippen molar-refractivity contribution in [2.75, 3.05) is 31.0 Å². The summed E-state index contributed by atoms with van der Waals surface area (Å²) in [7, 11) is 1.56. The highest BCUT2D eigenvalue weighted by Crippen LogP contribution is 2.28. The van der Waals surface area contributed by atoms with E-state index in [1.807, 2.05) is 0 Å². The number of anilines is 2. The van der Waals surface area contributed by atoms with Gasteiger partial charge in [-0.15, -0.1) is 0 Å². The Hall–Kier alpha value is -1.60. The summed E-state index contributed by atoms with van der Waals surface area (Å²) in [5, 5.41) is 3.21. The van der Waals surface area contributed by atoms with Gasteiger partial charge < -0.3 is 20.2 Å². The van der Waals surface area contributed by atoms with Crippen molar-refractivity contribution in [3.05, 3.63) is 6.33 Å². The van der Waals surface area contributed by atoms with Crippen molar-refractivity contribution in [1.29, 1.82) is 0 Å². The lowest BCUT2D eigenvalue weighted by atomic mass is 10.1. The van der Waals surface area contributed by atoms with E-state index in [2.05, 4.69) is 20.7 Å². The van der Waals surface area contributed by atoms with Gasteiger partial charge in [0, 0.05) is 13.2 Å². The number of hydrogen-bond donors (Lipinski definition) is 3. The van der Waals surface area contributed by atoms with Gasteiger partial charge in [0.25, 0.3) is 0 Å². The number of nitrogens with two attached hydrogens (primary N) is 1. The molecular formula is C11H19N5O2. The van der Waals surface area contributed by atoms with E-state index < -0.39 is 0 Å². The molecule has 100 valence electrons. The van der Waals surface area contributed by atoms with E-state index in [0.29, 0.717) is 23.9 Å². The number of nitrogens with one attached hydrogen (secondary N) is 2. The van der Waals surface area contributed by atoms with Gasteiger partial charge in [-0.25, -0.2) is 15.8 Å². The molecule has 4 N–H and O–H groups in total. The lowest BCUT2D eigenvalue weighted by molar-refractivity contribution is 0.0247. The van der Waals surface area contributed by atoms with Crippen molar-refractivity contribution in [2.45, 2.75) is 25.4 Å². The second kappa shape index (κ2) is 6.36. The van der Waals surface area contributed by atoms with Gasteiger partial charge in [0.05, 0.1) is 13.2 Å². The summed E-state index contributed by atoms with van der Waals surface area (Å²) in [6.07, 6.45) is 5.09. The first-order chi connectivity index (χ1) is 8.85. The van der Waals surface area contributed by atoms with Crippen LogP contribution in [-0.4, -0.2) is 36.3 Å². The highest BCUT2D eigenvalue weighted by Gasteiger charge is 2.16. The average Bonchev–Trinajstić information content (AvgIpc) is 2.45. The summed E-state index contributed by atoms with van der Waals surface area (Å²) in [4.78, 5) is 8.12. The van der Waals surface area contributed by atoms with E-state index in [9.17, 15) is 0 Å². The van der Waals surface area contributed by atoms with Crippen molar-refractivity contribution in [2.24, 2.45) is 5.84 Å². The molecule has 2 heterocycles. The van der Waals surface area contributed by atoms with E-state index >= 15 is 0 Å². The number of nitrogens with zero attached hydrogens (tertiary/aromatic N) is 2. The minimum absolute atomic E-state index is 0.229. The van der Waals surface area contributed by atoms with Gasteiger partial charge in [0.15, 0.2) is 11.6 Å². The Labute approximate surface area is 106 Å². The summed E-state index contributed by atoms with van der Waals surface area (Å²) in [6, 6.07) is 0. The van der Waals surface area contributed by atoms with Crippen LogP contribution in [0, 0.1) is 0 Å². The molecular weight excluding hydrogens is 234 g/mol. The van der Waals surface area contributed by atoms with E-state index in [1.54, 1.807) is 7.11 Å². The van der Waals surface area contributed by atoms with Gasteiger partial charge in [-0.3, -0.25) is 0 Å². The SMILES string of the molecule is COc1c(NN)ncnc1NCC1CCCCO1. The summed E-state index contributed by atoms with van der Waals surface area (Å²) in [6.45, 7) is 1.54. The van der Waals surface area contributed by atoms with Gasteiger partial charge in [-0.1, -0.05) is 0 Å². The van der Waals surface area contributed by atoms with Crippen molar-refractivity contribution < 1.29 is 9.47 Å². The maximum Gasteiger partial charge on any atom is 0.205 e. The van der Waals surface area contributed by atoms with Crippen LogP contribution in [0.3, 0.4) is 0 Å². The van der Waals surface area contributed by atoms with E-state index in [4.69, 9.17) is 15.3 Å². The summed E-state index contributed by atoms with van der Waals surface area (Å²) >= 11 is 0. The molecule has 7 heteroatoms.